The number of rotatable bonds is 1. The van der Waals surface area contributed by atoms with Gasteiger partial charge in [0.15, 0.2) is 0 Å². The van der Waals surface area contributed by atoms with E-state index in [9.17, 15) is 4.79 Å². The van der Waals surface area contributed by atoms with Crippen molar-refractivity contribution >= 4 is 29.4 Å². The zero-order chi connectivity index (χ0) is 13.5. The molecule has 8 heteroatoms. The minimum absolute atomic E-state index is 0.00357. The van der Waals surface area contributed by atoms with Crippen molar-refractivity contribution in [3.8, 4) is 0 Å². The molecule has 1 aromatic rings. The zero-order valence-electron chi connectivity index (χ0n) is 10.5. The van der Waals surface area contributed by atoms with Crippen molar-refractivity contribution in [2.24, 2.45) is 0 Å². The Morgan fingerprint density at radius 3 is 2.56 bits per heavy atom. The maximum atomic E-state index is 12.1. The number of hydrogen-bond acceptors (Lipinski definition) is 6. The third-order valence-electron chi connectivity index (χ3n) is 3.06. The van der Waals surface area contributed by atoms with Gasteiger partial charge in [0.1, 0.15) is 5.54 Å². The number of hydrogen-bond donors (Lipinski definition) is 1. The molecule has 0 radical (unpaired) electrons. The zero-order valence-corrected chi connectivity index (χ0v) is 11.3. The standard InChI is InChI=1S/C10H15ClN6O/c1-10(2)6(18)16(3)4-5-17(10)9-14-7(11)13-8(12)15-9/h4-5H2,1-3H3,(H2,12,13,14,15). The lowest BCUT2D eigenvalue weighted by atomic mass is 9.98. The van der Waals surface area contributed by atoms with Gasteiger partial charge in [-0.15, -0.1) is 0 Å². The normalized spacial score (nSPS) is 19.2. The lowest BCUT2D eigenvalue weighted by Gasteiger charge is -2.44. The number of piperazine rings is 1. The van der Waals surface area contributed by atoms with E-state index in [0.717, 1.165) is 0 Å². The first-order chi connectivity index (χ1) is 8.32. The second-order valence-corrected chi connectivity index (χ2v) is 5.04. The number of amides is 1. The van der Waals surface area contributed by atoms with E-state index in [0.29, 0.717) is 19.0 Å². The first-order valence-corrected chi connectivity index (χ1v) is 5.90. The molecule has 1 amide bonds. The van der Waals surface area contributed by atoms with E-state index in [2.05, 4.69) is 15.0 Å². The molecule has 18 heavy (non-hydrogen) atoms. The molecule has 0 aromatic carbocycles. The van der Waals surface area contributed by atoms with Crippen LogP contribution in [0.1, 0.15) is 13.8 Å². The minimum Gasteiger partial charge on any atom is -0.368 e. The van der Waals surface area contributed by atoms with Crippen molar-refractivity contribution in [3.63, 3.8) is 0 Å². The Hall–Kier alpha value is -1.63. The summed E-state index contributed by atoms with van der Waals surface area (Å²) in [7, 11) is 1.77. The number of anilines is 2. The van der Waals surface area contributed by atoms with E-state index >= 15 is 0 Å². The van der Waals surface area contributed by atoms with E-state index in [1.165, 1.54) is 0 Å². The van der Waals surface area contributed by atoms with E-state index in [1.807, 2.05) is 13.8 Å². The van der Waals surface area contributed by atoms with Gasteiger partial charge in [0.05, 0.1) is 0 Å². The van der Waals surface area contributed by atoms with Gasteiger partial charge < -0.3 is 15.5 Å². The highest BCUT2D eigenvalue weighted by Gasteiger charge is 2.42. The third kappa shape index (κ3) is 2.05. The molecule has 1 saturated heterocycles. The largest absolute Gasteiger partial charge is 0.368 e. The number of nitrogens with zero attached hydrogens (tertiary/aromatic N) is 5. The molecule has 1 aliphatic heterocycles. The van der Waals surface area contributed by atoms with E-state index in [4.69, 9.17) is 17.3 Å². The van der Waals surface area contributed by atoms with Gasteiger partial charge >= 0.3 is 0 Å². The summed E-state index contributed by atoms with van der Waals surface area (Å²) in [6.07, 6.45) is 0. The Labute approximate surface area is 110 Å². The quantitative estimate of drug-likeness (QED) is 0.782. The molecular weight excluding hydrogens is 256 g/mol. The van der Waals surface area contributed by atoms with Gasteiger partial charge in [-0.2, -0.15) is 15.0 Å². The van der Waals surface area contributed by atoms with Crippen LogP contribution in [-0.2, 0) is 4.79 Å². The van der Waals surface area contributed by atoms with Crippen molar-refractivity contribution < 1.29 is 4.79 Å². The first kappa shape index (κ1) is 12.8. The number of nitrogens with two attached hydrogens (primary N) is 1. The van der Waals surface area contributed by atoms with Crippen LogP contribution in [0.25, 0.3) is 0 Å². The average molecular weight is 271 g/mol. The molecule has 0 bridgehead atoms. The van der Waals surface area contributed by atoms with Crippen LogP contribution in [0.3, 0.4) is 0 Å². The molecule has 0 atom stereocenters. The van der Waals surface area contributed by atoms with Crippen LogP contribution in [0.2, 0.25) is 5.28 Å². The van der Waals surface area contributed by atoms with Gasteiger partial charge in [0.25, 0.3) is 0 Å². The van der Waals surface area contributed by atoms with Gasteiger partial charge in [-0.1, -0.05) is 0 Å². The fraction of sp³-hybridized carbons (Fsp3) is 0.600. The van der Waals surface area contributed by atoms with Crippen LogP contribution in [0.15, 0.2) is 0 Å². The summed E-state index contributed by atoms with van der Waals surface area (Å²) < 4.78 is 0. The Bertz CT molecular complexity index is 471. The van der Waals surface area contributed by atoms with Gasteiger partial charge in [-0.25, -0.2) is 0 Å². The Morgan fingerprint density at radius 1 is 1.28 bits per heavy atom. The molecule has 98 valence electrons. The third-order valence-corrected chi connectivity index (χ3v) is 3.23. The van der Waals surface area contributed by atoms with E-state index in [-0.39, 0.29) is 17.1 Å². The molecule has 2 heterocycles. The molecule has 0 saturated carbocycles. The lowest BCUT2D eigenvalue weighted by molar-refractivity contribution is -0.136. The molecule has 1 aromatic heterocycles. The predicted molar refractivity (Wildman–Crippen MR) is 68.3 cm³/mol. The number of nitrogen functional groups attached to an aromatic ring is 1. The Morgan fingerprint density at radius 2 is 1.94 bits per heavy atom. The second kappa shape index (κ2) is 4.24. The topological polar surface area (TPSA) is 88.2 Å². The molecular formula is C10H15ClN6O. The fourth-order valence-corrected chi connectivity index (χ4v) is 2.20. The molecule has 0 spiro atoms. The van der Waals surface area contributed by atoms with E-state index in [1.54, 1.807) is 16.8 Å². The maximum Gasteiger partial charge on any atom is 0.247 e. The van der Waals surface area contributed by atoms with Gasteiger partial charge in [0, 0.05) is 20.1 Å². The number of likely N-dealkylation sites (N-methyl/N-ethyl adjacent to an activating group) is 1. The fourth-order valence-electron chi connectivity index (χ4n) is 2.04. The molecule has 1 aliphatic rings. The van der Waals surface area contributed by atoms with Gasteiger partial charge in [-0.05, 0) is 25.4 Å². The first-order valence-electron chi connectivity index (χ1n) is 5.52. The highest BCUT2D eigenvalue weighted by molar-refractivity contribution is 6.28. The lowest BCUT2D eigenvalue weighted by Crippen LogP contribution is -2.62. The monoisotopic (exact) mass is 270 g/mol. The summed E-state index contributed by atoms with van der Waals surface area (Å²) >= 11 is 5.76. The van der Waals surface area contributed by atoms with Crippen LogP contribution < -0.4 is 10.6 Å². The van der Waals surface area contributed by atoms with Crippen LogP contribution in [0.5, 0.6) is 0 Å². The molecule has 1 fully saturated rings. The number of carbonyl (C=O) groups is 1. The van der Waals surface area contributed by atoms with Crippen LogP contribution in [0, 0.1) is 0 Å². The maximum absolute atomic E-state index is 12.1. The van der Waals surface area contributed by atoms with Crippen molar-refractivity contribution in [2.75, 3.05) is 30.8 Å². The van der Waals surface area contributed by atoms with Gasteiger partial charge in [0.2, 0.25) is 23.1 Å². The van der Waals surface area contributed by atoms with Crippen LogP contribution in [-0.4, -0.2) is 51.4 Å². The van der Waals surface area contributed by atoms with Crippen molar-refractivity contribution in [2.45, 2.75) is 19.4 Å². The van der Waals surface area contributed by atoms with Gasteiger partial charge in [-0.3, -0.25) is 4.79 Å². The summed E-state index contributed by atoms with van der Waals surface area (Å²) in [4.78, 5) is 27.4. The molecule has 2 rings (SSSR count). The highest BCUT2D eigenvalue weighted by atomic mass is 35.5. The van der Waals surface area contributed by atoms with Crippen LogP contribution >= 0.6 is 11.6 Å². The van der Waals surface area contributed by atoms with Crippen molar-refractivity contribution in [3.05, 3.63) is 5.28 Å². The summed E-state index contributed by atoms with van der Waals surface area (Å²) in [6.45, 7) is 4.86. The smallest absolute Gasteiger partial charge is 0.247 e. The Balaban J connectivity index is 2.41. The minimum atomic E-state index is -0.732. The van der Waals surface area contributed by atoms with Crippen molar-refractivity contribution in [1.82, 2.24) is 19.9 Å². The number of halogens is 1. The summed E-state index contributed by atoms with van der Waals surface area (Å²) in [6, 6.07) is 0. The number of carbonyl (C=O) groups excluding carboxylic acids is 1. The molecule has 2 N–H and O–H groups in total. The Kier molecular flexibility index (Phi) is 3.02. The molecule has 7 nitrogen and oxygen atoms in total. The van der Waals surface area contributed by atoms with Crippen LogP contribution in [0.4, 0.5) is 11.9 Å². The number of aromatic nitrogens is 3. The predicted octanol–water partition coefficient (Wildman–Crippen LogP) is 0.164. The average Bonchev–Trinajstić information content (AvgIpc) is 2.24. The van der Waals surface area contributed by atoms with Crippen molar-refractivity contribution in [1.29, 1.82) is 0 Å². The summed E-state index contributed by atoms with van der Waals surface area (Å²) in [5, 5.41) is 0.0275. The SMILES string of the molecule is CN1CCN(c2nc(N)nc(Cl)n2)C(C)(C)C1=O. The summed E-state index contributed by atoms with van der Waals surface area (Å²) in [5.41, 5.74) is 4.82. The summed E-state index contributed by atoms with van der Waals surface area (Å²) in [5.74, 6) is 0.384. The molecule has 0 aliphatic carbocycles. The second-order valence-electron chi connectivity index (χ2n) is 4.70. The van der Waals surface area contributed by atoms with E-state index < -0.39 is 5.54 Å². The highest BCUT2D eigenvalue weighted by Crippen LogP contribution is 2.26. The molecule has 0 unspecified atom stereocenters.